The Hall–Kier alpha value is -1.97. The predicted molar refractivity (Wildman–Crippen MR) is 85.6 cm³/mol. The van der Waals surface area contributed by atoms with Crippen molar-refractivity contribution in [2.75, 3.05) is 6.54 Å². The van der Waals surface area contributed by atoms with Crippen molar-refractivity contribution in [3.8, 4) is 0 Å². The average Bonchev–Trinajstić information content (AvgIpc) is 2.68. The van der Waals surface area contributed by atoms with Gasteiger partial charge in [-0.15, -0.1) is 0 Å². The van der Waals surface area contributed by atoms with E-state index in [-0.39, 0.29) is 19.9 Å². The van der Waals surface area contributed by atoms with E-state index in [0.717, 1.165) is 16.7 Å². The number of rotatable bonds is 4. The molecule has 1 heterocycles. The first-order valence-corrected chi connectivity index (χ1v) is 7.31. The monoisotopic (exact) mass is 358 g/mol. The SMILES string of the molecule is O=C(O)CN1C(=O)C(=Cc2ccc(Cl)c([N+](=O)[O-])c2)SC1=S. The number of carbonyl (C=O) groups is 2. The fourth-order valence-electron chi connectivity index (χ4n) is 1.68. The highest BCUT2D eigenvalue weighted by Crippen LogP contribution is 2.33. The van der Waals surface area contributed by atoms with Crippen molar-refractivity contribution in [3.05, 3.63) is 43.8 Å². The van der Waals surface area contributed by atoms with Crippen molar-refractivity contribution in [2.24, 2.45) is 0 Å². The second-order valence-electron chi connectivity index (χ2n) is 4.13. The summed E-state index contributed by atoms with van der Waals surface area (Å²) in [5, 5.41) is 19.6. The summed E-state index contributed by atoms with van der Waals surface area (Å²) in [6.07, 6.45) is 1.41. The minimum atomic E-state index is -1.18. The molecule has 1 fully saturated rings. The molecule has 0 aliphatic carbocycles. The van der Waals surface area contributed by atoms with Crippen LogP contribution >= 0.6 is 35.6 Å². The highest BCUT2D eigenvalue weighted by atomic mass is 35.5. The van der Waals surface area contributed by atoms with E-state index in [9.17, 15) is 19.7 Å². The first-order valence-electron chi connectivity index (χ1n) is 5.70. The van der Waals surface area contributed by atoms with Gasteiger partial charge in [-0.25, -0.2) is 0 Å². The molecule has 0 aromatic heterocycles. The standard InChI is InChI=1S/C12H7ClN2O5S2/c13-7-2-1-6(3-8(7)15(19)20)4-9-11(18)14(5-10(16)17)12(21)22-9/h1-4H,5H2,(H,16,17). The fourth-order valence-corrected chi connectivity index (χ4v) is 3.12. The summed E-state index contributed by atoms with van der Waals surface area (Å²) in [6, 6.07) is 4.09. The van der Waals surface area contributed by atoms with Crippen molar-refractivity contribution in [1.29, 1.82) is 0 Å². The van der Waals surface area contributed by atoms with Gasteiger partial charge in [-0.1, -0.05) is 41.6 Å². The Kier molecular flexibility index (Phi) is 4.79. The van der Waals surface area contributed by atoms with E-state index in [0.29, 0.717) is 5.56 Å². The number of nitrogens with zero attached hydrogens (tertiary/aromatic N) is 2. The van der Waals surface area contributed by atoms with E-state index in [1.54, 1.807) is 0 Å². The van der Waals surface area contributed by atoms with Crippen molar-refractivity contribution in [2.45, 2.75) is 0 Å². The summed E-state index contributed by atoms with van der Waals surface area (Å²) in [5.41, 5.74) is 0.114. The molecule has 1 aromatic rings. The van der Waals surface area contributed by atoms with Crippen LogP contribution in [0.1, 0.15) is 5.56 Å². The molecule has 1 amide bonds. The number of carboxylic acid groups (broad SMARTS) is 1. The van der Waals surface area contributed by atoms with Crippen LogP contribution in [0.4, 0.5) is 5.69 Å². The van der Waals surface area contributed by atoms with Gasteiger partial charge >= 0.3 is 5.97 Å². The first-order chi connectivity index (χ1) is 10.3. The van der Waals surface area contributed by atoms with Gasteiger partial charge in [0.2, 0.25) is 0 Å². The number of hydrogen-bond donors (Lipinski definition) is 1. The van der Waals surface area contributed by atoms with Crippen LogP contribution < -0.4 is 0 Å². The molecule has 0 radical (unpaired) electrons. The van der Waals surface area contributed by atoms with Crippen LogP contribution in [0.25, 0.3) is 6.08 Å². The van der Waals surface area contributed by atoms with Gasteiger partial charge in [0, 0.05) is 6.07 Å². The van der Waals surface area contributed by atoms with Crippen molar-refractivity contribution >= 4 is 63.5 Å². The Morgan fingerprint density at radius 2 is 2.23 bits per heavy atom. The predicted octanol–water partition coefficient (Wildman–Crippen LogP) is 2.53. The number of nitro benzene ring substituents is 1. The Morgan fingerprint density at radius 1 is 1.55 bits per heavy atom. The molecule has 22 heavy (non-hydrogen) atoms. The molecule has 1 saturated heterocycles. The molecular formula is C12H7ClN2O5S2. The molecule has 2 rings (SSSR count). The van der Waals surface area contributed by atoms with Gasteiger partial charge < -0.3 is 5.11 Å². The average molecular weight is 359 g/mol. The zero-order chi connectivity index (χ0) is 16.4. The van der Waals surface area contributed by atoms with E-state index in [1.807, 2.05) is 0 Å². The Labute approximate surface area is 138 Å². The lowest BCUT2D eigenvalue weighted by Crippen LogP contribution is -2.33. The van der Waals surface area contributed by atoms with Crippen LogP contribution in [-0.4, -0.2) is 37.7 Å². The summed E-state index contributed by atoms with van der Waals surface area (Å²) in [7, 11) is 0. The normalized spacial score (nSPS) is 16.4. The number of benzene rings is 1. The maximum atomic E-state index is 12.1. The summed E-state index contributed by atoms with van der Waals surface area (Å²) in [4.78, 5) is 34.1. The highest BCUT2D eigenvalue weighted by Gasteiger charge is 2.33. The van der Waals surface area contributed by atoms with Crippen LogP contribution in [0, 0.1) is 10.1 Å². The lowest BCUT2D eigenvalue weighted by molar-refractivity contribution is -0.384. The molecule has 0 spiro atoms. The molecule has 1 aliphatic heterocycles. The number of carbonyl (C=O) groups excluding carboxylic acids is 1. The fraction of sp³-hybridized carbons (Fsp3) is 0.0833. The Bertz CT molecular complexity index is 734. The minimum Gasteiger partial charge on any atom is -0.480 e. The third kappa shape index (κ3) is 3.43. The van der Waals surface area contributed by atoms with Gasteiger partial charge in [-0.2, -0.15) is 0 Å². The molecule has 0 saturated carbocycles. The van der Waals surface area contributed by atoms with Crippen LogP contribution in [0.3, 0.4) is 0 Å². The number of amides is 1. The smallest absolute Gasteiger partial charge is 0.323 e. The van der Waals surface area contributed by atoms with Crippen LogP contribution in [0.5, 0.6) is 0 Å². The number of aliphatic carboxylic acids is 1. The van der Waals surface area contributed by atoms with Crippen molar-refractivity contribution in [1.82, 2.24) is 4.90 Å². The molecule has 0 bridgehead atoms. The first kappa shape index (κ1) is 16.4. The summed E-state index contributed by atoms with van der Waals surface area (Å²) in [5.74, 6) is -1.73. The number of carboxylic acids is 1. The molecule has 1 aromatic carbocycles. The lowest BCUT2D eigenvalue weighted by Gasteiger charge is -2.10. The molecule has 7 nitrogen and oxygen atoms in total. The van der Waals surface area contributed by atoms with Gasteiger partial charge in [-0.05, 0) is 17.7 Å². The second-order valence-corrected chi connectivity index (χ2v) is 6.21. The van der Waals surface area contributed by atoms with Gasteiger partial charge in [0.25, 0.3) is 11.6 Å². The van der Waals surface area contributed by atoms with Crippen molar-refractivity contribution in [3.63, 3.8) is 0 Å². The number of nitro groups is 1. The van der Waals surface area contributed by atoms with E-state index in [4.69, 9.17) is 28.9 Å². The maximum absolute atomic E-state index is 12.1. The van der Waals surface area contributed by atoms with Gasteiger partial charge in [0.1, 0.15) is 15.9 Å². The van der Waals surface area contributed by atoms with Gasteiger partial charge in [-0.3, -0.25) is 24.6 Å². The van der Waals surface area contributed by atoms with E-state index < -0.39 is 23.3 Å². The lowest BCUT2D eigenvalue weighted by atomic mass is 10.2. The van der Waals surface area contributed by atoms with E-state index in [2.05, 4.69) is 0 Å². The van der Waals surface area contributed by atoms with Crippen LogP contribution in [-0.2, 0) is 9.59 Å². The van der Waals surface area contributed by atoms with Crippen LogP contribution in [0.2, 0.25) is 5.02 Å². The molecule has 1 N–H and O–H groups in total. The third-order valence-corrected chi connectivity index (χ3v) is 4.33. The number of hydrogen-bond acceptors (Lipinski definition) is 6. The molecule has 10 heteroatoms. The third-order valence-electron chi connectivity index (χ3n) is 2.63. The van der Waals surface area contributed by atoms with E-state index in [1.165, 1.54) is 24.3 Å². The Balaban J connectivity index is 2.33. The molecular weight excluding hydrogens is 352 g/mol. The zero-order valence-electron chi connectivity index (χ0n) is 10.7. The topological polar surface area (TPSA) is 101 Å². The molecule has 0 atom stereocenters. The summed E-state index contributed by atoms with van der Waals surface area (Å²) < 4.78 is 0.127. The highest BCUT2D eigenvalue weighted by molar-refractivity contribution is 8.26. The van der Waals surface area contributed by atoms with Gasteiger partial charge in [0.15, 0.2) is 0 Å². The summed E-state index contributed by atoms with van der Waals surface area (Å²) >= 11 is 11.6. The second kappa shape index (κ2) is 6.42. The maximum Gasteiger partial charge on any atom is 0.323 e. The Morgan fingerprint density at radius 3 is 2.82 bits per heavy atom. The largest absolute Gasteiger partial charge is 0.480 e. The minimum absolute atomic E-state index is 0.0134. The number of thioether (sulfide) groups is 1. The van der Waals surface area contributed by atoms with Gasteiger partial charge in [0.05, 0.1) is 9.83 Å². The van der Waals surface area contributed by atoms with Crippen molar-refractivity contribution < 1.29 is 19.6 Å². The van der Waals surface area contributed by atoms with E-state index >= 15 is 0 Å². The quantitative estimate of drug-likeness (QED) is 0.382. The zero-order valence-corrected chi connectivity index (χ0v) is 13.1. The molecule has 114 valence electrons. The molecule has 1 aliphatic rings. The summed E-state index contributed by atoms with van der Waals surface area (Å²) in [6.45, 7) is -0.525. The van der Waals surface area contributed by atoms with Crippen LogP contribution in [0.15, 0.2) is 23.1 Å². The number of halogens is 1. The molecule has 0 unspecified atom stereocenters. The number of thiocarbonyl (C=S) groups is 1.